The van der Waals surface area contributed by atoms with E-state index in [0.29, 0.717) is 0 Å². The highest BCUT2D eigenvalue weighted by molar-refractivity contribution is 7.32. The van der Waals surface area contributed by atoms with Crippen LogP contribution in [0, 0.1) is 19.3 Å². The monoisotopic (exact) mass is 359 g/mol. The Morgan fingerprint density at radius 2 is 2.21 bits per heavy atom. The Morgan fingerprint density at radius 3 is 2.79 bits per heavy atom. The zero-order valence-electron chi connectivity index (χ0n) is 12.6. The summed E-state index contributed by atoms with van der Waals surface area (Å²) in [6.45, 7) is 0.766. The Morgan fingerprint density at radius 1 is 1.50 bits per heavy atom. The summed E-state index contributed by atoms with van der Waals surface area (Å²) in [6, 6.07) is 0. The fraction of sp³-hybridized carbons (Fsp3) is 0.538. The maximum Gasteiger partial charge on any atom is 0.695 e. The molecule has 1 saturated heterocycles. The lowest BCUT2D eigenvalue weighted by atomic mass is 10.1. The molecule has 0 aliphatic carbocycles. The van der Waals surface area contributed by atoms with E-state index in [1.807, 2.05) is 0 Å². The maximum absolute atomic E-state index is 12.0. The third kappa shape index (κ3) is 3.79. The average Bonchev–Trinajstić information content (AvgIpc) is 2.85. The summed E-state index contributed by atoms with van der Waals surface area (Å²) < 4.78 is 27.9. The second-order valence-corrected chi connectivity index (χ2v) is 5.70. The lowest BCUT2D eigenvalue weighted by Crippen LogP contribution is -2.40. The topological polar surface area (TPSA) is 140 Å². The van der Waals surface area contributed by atoms with E-state index in [2.05, 4.69) is 10.9 Å². The first-order chi connectivity index (χ1) is 11.4. The molecule has 1 aliphatic rings. The van der Waals surface area contributed by atoms with E-state index in [4.69, 9.17) is 25.3 Å². The first-order valence-electron chi connectivity index (χ1n) is 6.85. The third-order valence-corrected chi connectivity index (χ3v) is 3.88. The molecule has 2 heterocycles. The van der Waals surface area contributed by atoms with E-state index in [1.54, 1.807) is 0 Å². The van der Waals surface area contributed by atoms with Gasteiger partial charge in [0.1, 0.15) is 18.8 Å². The molecule has 0 aromatic carbocycles. The van der Waals surface area contributed by atoms with Crippen molar-refractivity contribution in [1.82, 2.24) is 9.55 Å². The normalized spacial score (nSPS) is 27.0. The van der Waals surface area contributed by atoms with Gasteiger partial charge in [0.05, 0.1) is 6.61 Å². The van der Waals surface area contributed by atoms with Crippen LogP contribution in [0.25, 0.3) is 0 Å². The van der Waals surface area contributed by atoms with Crippen LogP contribution in [0.15, 0.2) is 15.8 Å². The summed E-state index contributed by atoms with van der Waals surface area (Å²) in [5, 5.41) is 9.40. The lowest BCUT2D eigenvalue weighted by Gasteiger charge is -2.21. The molecule has 0 radical (unpaired) electrons. The lowest BCUT2D eigenvalue weighted by molar-refractivity contribution is -0.0677. The highest BCUT2D eigenvalue weighted by atomic mass is 31.1. The smallest absolute Gasteiger partial charge is 0.394 e. The molecular formula is C13H16N2O8P+. The molecule has 1 aliphatic heterocycles. The number of ether oxygens (including phenoxy) is 2. The highest BCUT2D eigenvalue weighted by Gasteiger charge is 2.51. The number of aromatic amines is 1. The molecular weight excluding hydrogens is 343 g/mol. The van der Waals surface area contributed by atoms with Crippen LogP contribution < -0.4 is 11.2 Å². The summed E-state index contributed by atoms with van der Waals surface area (Å²) in [5.41, 5.74) is -1.08. The number of rotatable bonds is 6. The maximum atomic E-state index is 12.0. The first-order valence-corrected chi connectivity index (χ1v) is 7.98. The molecule has 3 N–H and O–H groups in total. The quantitative estimate of drug-likeness (QED) is 0.424. The predicted molar refractivity (Wildman–Crippen MR) is 80.3 cm³/mol. The Balaban J connectivity index is 2.45. The van der Waals surface area contributed by atoms with Gasteiger partial charge in [-0.1, -0.05) is 5.92 Å². The molecule has 10 nitrogen and oxygen atoms in total. The molecule has 1 aromatic rings. The van der Waals surface area contributed by atoms with E-state index in [-0.39, 0.29) is 12.2 Å². The minimum Gasteiger partial charge on any atom is -0.394 e. The third-order valence-electron chi connectivity index (χ3n) is 3.46. The molecule has 0 saturated carbocycles. The number of hydrogen-bond acceptors (Lipinski definition) is 7. The molecule has 11 heteroatoms. The van der Waals surface area contributed by atoms with E-state index in [1.165, 1.54) is 13.1 Å². The molecule has 2 unspecified atom stereocenters. The fourth-order valence-corrected chi connectivity index (χ4v) is 2.87. The number of H-pyrrole nitrogens is 1. The van der Waals surface area contributed by atoms with E-state index >= 15 is 0 Å². The fourth-order valence-electron chi connectivity index (χ4n) is 2.41. The van der Waals surface area contributed by atoms with Gasteiger partial charge in [-0.15, -0.1) is 15.8 Å². The Bertz CT molecular complexity index is 766. The molecule has 0 spiro atoms. The van der Waals surface area contributed by atoms with Crippen molar-refractivity contribution in [2.24, 2.45) is 0 Å². The number of terminal acetylenes is 1. The van der Waals surface area contributed by atoms with Gasteiger partial charge in [0.15, 0.2) is 12.3 Å². The van der Waals surface area contributed by atoms with Gasteiger partial charge >= 0.3 is 13.9 Å². The standard InChI is InChI=1S/C13H15N2O8P/c1-3-4-21-10-9(23-24(19)20)8(6-16)22-12(10)15-5-7(2)11(17)14-13(15)18/h1,5,8-10,12,16H,4,6H2,2H3,(H-,14,17,18,19,20)/p+1/t8-,9?,10+,12-/m1/s1. The van der Waals surface area contributed by atoms with Crippen molar-refractivity contribution in [2.45, 2.75) is 31.5 Å². The van der Waals surface area contributed by atoms with Gasteiger partial charge in [0.25, 0.3) is 5.56 Å². The Labute approximate surface area is 136 Å². The van der Waals surface area contributed by atoms with Gasteiger partial charge in [-0.25, -0.2) is 4.79 Å². The van der Waals surface area contributed by atoms with Gasteiger partial charge in [0, 0.05) is 16.3 Å². The Hall–Kier alpha value is -1.86. The number of aromatic nitrogens is 2. The molecule has 130 valence electrons. The van der Waals surface area contributed by atoms with Crippen LogP contribution in [0.4, 0.5) is 0 Å². The highest BCUT2D eigenvalue weighted by Crippen LogP contribution is 2.36. The van der Waals surface area contributed by atoms with Gasteiger partial charge in [-0.3, -0.25) is 14.3 Å². The van der Waals surface area contributed by atoms with Crippen LogP contribution in [0.1, 0.15) is 11.8 Å². The number of aliphatic hydroxyl groups excluding tert-OH is 1. The zero-order valence-corrected chi connectivity index (χ0v) is 13.5. The minimum atomic E-state index is -3.01. The predicted octanol–water partition coefficient (Wildman–Crippen LogP) is -1.21. The van der Waals surface area contributed by atoms with Crippen LogP contribution in [0.5, 0.6) is 0 Å². The summed E-state index contributed by atoms with van der Waals surface area (Å²) in [6.07, 6.45) is 2.08. The summed E-state index contributed by atoms with van der Waals surface area (Å²) >= 11 is 0. The second kappa shape index (κ2) is 7.81. The first kappa shape index (κ1) is 18.5. The molecule has 0 bridgehead atoms. The van der Waals surface area contributed by atoms with E-state index in [9.17, 15) is 19.3 Å². The molecule has 1 fully saturated rings. The minimum absolute atomic E-state index is 0.179. The second-order valence-electron chi connectivity index (χ2n) is 5.01. The summed E-state index contributed by atoms with van der Waals surface area (Å²) in [4.78, 5) is 34.6. The average molecular weight is 359 g/mol. The molecule has 2 rings (SSSR count). The van der Waals surface area contributed by atoms with Crippen molar-refractivity contribution in [3.8, 4) is 12.3 Å². The molecule has 0 amide bonds. The van der Waals surface area contributed by atoms with Crippen molar-refractivity contribution in [1.29, 1.82) is 0 Å². The number of nitrogens with zero attached hydrogens (tertiary/aromatic N) is 1. The molecule has 5 atom stereocenters. The van der Waals surface area contributed by atoms with Gasteiger partial charge < -0.3 is 14.6 Å². The van der Waals surface area contributed by atoms with E-state index in [0.717, 1.165) is 4.57 Å². The van der Waals surface area contributed by atoms with Crippen molar-refractivity contribution >= 4 is 8.25 Å². The van der Waals surface area contributed by atoms with Crippen LogP contribution in [0.2, 0.25) is 0 Å². The van der Waals surface area contributed by atoms with Crippen molar-refractivity contribution < 1.29 is 28.6 Å². The zero-order chi connectivity index (χ0) is 17.9. The van der Waals surface area contributed by atoms with Crippen LogP contribution >= 0.6 is 8.25 Å². The molecule has 24 heavy (non-hydrogen) atoms. The van der Waals surface area contributed by atoms with Crippen LogP contribution in [-0.4, -0.2) is 51.1 Å². The summed E-state index contributed by atoms with van der Waals surface area (Å²) in [5.74, 6) is 2.23. The molecule has 1 aromatic heterocycles. The van der Waals surface area contributed by atoms with Crippen LogP contribution in [-0.2, 0) is 18.6 Å². The van der Waals surface area contributed by atoms with Crippen molar-refractivity contribution in [3.05, 3.63) is 32.6 Å². The number of hydrogen-bond donors (Lipinski definition) is 3. The number of aliphatic hydroxyl groups is 1. The van der Waals surface area contributed by atoms with Gasteiger partial charge in [-0.05, 0) is 6.92 Å². The van der Waals surface area contributed by atoms with Gasteiger partial charge in [-0.2, -0.15) is 0 Å². The van der Waals surface area contributed by atoms with Gasteiger partial charge in [0.2, 0.25) is 0 Å². The number of aryl methyl sites for hydroxylation is 1. The van der Waals surface area contributed by atoms with Crippen LogP contribution in [0.3, 0.4) is 0 Å². The summed E-state index contributed by atoms with van der Waals surface area (Å²) in [7, 11) is -3.01. The SMILES string of the molecule is C#CCO[C@H]1C(O[P+](=O)O)[C@@H](CO)O[C@H]1n1cc(C)c(=O)[nH]c1=O. The van der Waals surface area contributed by atoms with Crippen molar-refractivity contribution in [3.63, 3.8) is 0 Å². The Kier molecular flexibility index (Phi) is 6.01. The van der Waals surface area contributed by atoms with Crippen molar-refractivity contribution in [2.75, 3.05) is 13.2 Å². The van der Waals surface area contributed by atoms with E-state index < -0.39 is 50.7 Å². The largest absolute Gasteiger partial charge is 0.695 e. The number of nitrogens with one attached hydrogen (secondary N) is 1.